The monoisotopic (exact) mass is 371 g/mol. The normalized spacial score (nSPS) is 21.3. The lowest BCUT2D eigenvalue weighted by Crippen LogP contribution is -2.28. The molecule has 3 rings (SSSR count). The first-order valence-electron chi connectivity index (χ1n) is 8.05. The van der Waals surface area contributed by atoms with Crippen molar-refractivity contribution >= 4 is 11.6 Å². The number of hydrogen-bond donors (Lipinski definition) is 1. The maximum atomic E-state index is 12.9. The van der Waals surface area contributed by atoms with Crippen LogP contribution in [0.1, 0.15) is 43.1 Å². The van der Waals surface area contributed by atoms with Crippen molar-refractivity contribution in [1.82, 2.24) is 15.0 Å². The van der Waals surface area contributed by atoms with E-state index in [2.05, 4.69) is 15.0 Å². The van der Waals surface area contributed by atoms with Crippen molar-refractivity contribution in [1.29, 1.82) is 0 Å². The second kappa shape index (κ2) is 6.78. The average molecular weight is 372 g/mol. The Morgan fingerprint density at radius 1 is 1.20 bits per heavy atom. The Hall–Kier alpha value is -1.89. The quantitative estimate of drug-likeness (QED) is 0.783. The number of pyridine rings is 1. The van der Waals surface area contributed by atoms with Crippen molar-refractivity contribution in [2.24, 2.45) is 5.92 Å². The molecule has 1 saturated carbocycles. The predicted molar refractivity (Wildman–Crippen MR) is 88.6 cm³/mol. The van der Waals surface area contributed by atoms with Gasteiger partial charge in [0.05, 0.1) is 17.2 Å². The van der Waals surface area contributed by atoms with Crippen LogP contribution in [0.3, 0.4) is 0 Å². The molecule has 2 heterocycles. The van der Waals surface area contributed by atoms with Gasteiger partial charge in [0, 0.05) is 17.7 Å². The first-order valence-corrected chi connectivity index (χ1v) is 8.43. The summed E-state index contributed by atoms with van der Waals surface area (Å²) in [5.41, 5.74) is 1.16. The molecule has 4 nitrogen and oxygen atoms in total. The molecular weight excluding hydrogens is 355 g/mol. The number of alkyl halides is 3. The van der Waals surface area contributed by atoms with Gasteiger partial charge in [-0.05, 0) is 44.7 Å². The van der Waals surface area contributed by atoms with Crippen LogP contribution in [0, 0.1) is 12.8 Å². The molecule has 1 fully saturated rings. The average Bonchev–Trinajstić information content (AvgIpc) is 2.55. The van der Waals surface area contributed by atoms with E-state index in [1.807, 2.05) is 0 Å². The highest BCUT2D eigenvalue weighted by Crippen LogP contribution is 2.43. The topological polar surface area (TPSA) is 58.6 Å². The van der Waals surface area contributed by atoms with Crippen molar-refractivity contribution < 1.29 is 13.2 Å². The van der Waals surface area contributed by atoms with E-state index >= 15 is 0 Å². The highest BCUT2D eigenvalue weighted by Gasteiger charge is 2.42. The van der Waals surface area contributed by atoms with E-state index < -0.39 is 12.1 Å². The number of H-pyrrole nitrogens is 1. The van der Waals surface area contributed by atoms with Crippen LogP contribution < -0.4 is 5.56 Å². The minimum atomic E-state index is -4.16. The van der Waals surface area contributed by atoms with Crippen LogP contribution in [-0.2, 0) is 0 Å². The molecule has 134 valence electrons. The molecule has 1 aliphatic rings. The van der Waals surface area contributed by atoms with Crippen molar-refractivity contribution in [3.05, 3.63) is 45.4 Å². The molecule has 0 aliphatic heterocycles. The van der Waals surface area contributed by atoms with Crippen LogP contribution >= 0.6 is 11.6 Å². The van der Waals surface area contributed by atoms with Crippen LogP contribution in [0.5, 0.6) is 0 Å². The maximum absolute atomic E-state index is 12.9. The van der Waals surface area contributed by atoms with E-state index in [-0.39, 0.29) is 24.3 Å². The van der Waals surface area contributed by atoms with Crippen LogP contribution in [0.25, 0.3) is 11.1 Å². The van der Waals surface area contributed by atoms with E-state index in [1.165, 1.54) is 6.20 Å². The molecule has 1 N–H and O–H groups in total. The zero-order valence-corrected chi connectivity index (χ0v) is 14.3. The molecular formula is C17H17ClF3N3O. The van der Waals surface area contributed by atoms with E-state index in [4.69, 9.17) is 11.6 Å². The molecule has 0 amide bonds. The van der Waals surface area contributed by atoms with Gasteiger partial charge in [-0.2, -0.15) is 13.2 Å². The second-order valence-corrected chi connectivity index (χ2v) is 6.76. The molecule has 0 saturated heterocycles. The number of rotatable bonds is 2. The summed E-state index contributed by atoms with van der Waals surface area (Å²) in [5, 5.41) is 0.299. The molecule has 0 radical (unpaired) electrons. The fraction of sp³-hybridized carbons (Fsp3) is 0.471. The Kier molecular flexibility index (Phi) is 4.86. The maximum Gasteiger partial charge on any atom is 0.391 e. The van der Waals surface area contributed by atoms with Crippen LogP contribution in [0.2, 0.25) is 5.15 Å². The summed E-state index contributed by atoms with van der Waals surface area (Å²) < 4.78 is 38.7. The van der Waals surface area contributed by atoms with Gasteiger partial charge in [0.1, 0.15) is 11.0 Å². The Labute approximate surface area is 147 Å². The summed E-state index contributed by atoms with van der Waals surface area (Å²) in [7, 11) is 0. The van der Waals surface area contributed by atoms with Gasteiger partial charge in [0.25, 0.3) is 5.56 Å². The molecule has 2 aromatic heterocycles. The molecule has 0 spiro atoms. The second-order valence-electron chi connectivity index (χ2n) is 6.37. The third-order valence-electron chi connectivity index (χ3n) is 4.66. The van der Waals surface area contributed by atoms with Crippen LogP contribution in [0.4, 0.5) is 13.2 Å². The first-order chi connectivity index (χ1) is 11.8. The van der Waals surface area contributed by atoms with Gasteiger partial charge >= 0.3 is 6.18 Å². The first kappa shape index (κ1) is 17.9. The number of hydrogen-bond acceptors (Lipinski definition) is 3. The highest BCUT2D eigenvalue weighted by atomic mass is 35.5. The van der Waals surface area contributed by atoms with Crippen molar-refractivity contribution in [3.8, 4) is 11.1 Å². The van der Waals surface area contributed by atoms with Gasteiger partial charge in [-0.25, -0.2) is 9.97 Å². The fourth-order valence-corrected chi connectivity index (χ4v) is 3.51. The predicted octanol–water partition coefficient (Wildman–Crippen LogP) is 4.63. The zero-order chi connectivity index (χ0) is 18.2. The van der Waals surface area contributed by atoms with E-state index in [1.54, 1.807) is 19.1 Å². The van der Waals surface area contributed by atoms with Crippen molar-refractivity contribution in [2.45, 2.75) is 44.7 Å². The highest BCUT2D eigenvalue weighted by molar-refractivity contribution is 6.29. The van der Waals surface area contributed by atoms with Gasteiger partial charge in [-0.3, -0.25) is 4.79 Å². The number of halogens is 4. The number of aryl methyl sites for hydroxylation is 1. The molecule has 0 atom stereocenters. The number of aromatic amines is 1. The standard InChI is InChI=1S/C17H17ClF3N3O/c1-9-23-15(10-2-5-12(6-3-10)17(19,20)21)14(16(25)24-9)11-4-7-13(18)22-8-11/h4,7-8,10,12H,2-3,5-6H2,1H3,(H,23,24,25)/t10-,12+. The fourth-order valence-electron chi connectivity index (χ4n) is 3.40. The lowest BCUT2D eigenvalue weighted by atomic mass is 9.78. The van der Waals surface area contributed by atoms with E-state index in [0.29, 0.717) is 40.6 Å². The summed E-state index contributed by atoms with van der Waals surface area (Å²) in [4.78, 5) is 23.6. The van der Waals surface area contributed by atoms with Gasteiger partial charge in [-0.15, -0.1) is 0 Å². The molecule has 2 aromatic rings. The molecule has 25 heavy (non-hydrogen) atoms. The zero-order valence-electron chi connectivity index (χ0n) is 13.5. The van der Waals surface area contributed by atoms with E-state index in [9.17, 15) is 18.0 Å². The summed E-state index contributed by atoms with van der Waals surface area (Å²) in [6.45, 7) is 1.66. The SMILES string of the molecule is Cc1nc([C@H]2CC[C@@H](C(F)(F)F)CC2)c(-c2ccc(Cl)nc2)c(=O)[nH]1. The summed E-state index contributed by atoms with van der Waals surface area (Å²) in [6.07, 6.45) is -1.86. The summed E-state index contributed by atoms with van der Waals surface area (Å²) in [5.74, 6) is -0.999. The Morgan fingerprint density at radius 3 is 2.44 bits per heavy atom. The van der Waals surface area contributed by atoms with Gasteiger partial charge in [-0.1, -0.05) is 11.6 Å². The Balaban J connectivity index is 1.97. The largest absolute Gasteiger partial charge is 0.391 e. The molecule has 0 bridgehead atoms. The lowest BCUT2D eigenvalue weighted by Gasteiger charge is -2.30. The van der Waals surface area contributed by atoms with Crippen LogP contribution in [0.15, 0.2) is 23.1 Å². The lowest BCUT2D eigenvalue weighted by molar-refractivity contribution is -0.182. The molecule has 8 heteroatoms. The number of nitrogens with zero attached hydrogens (tertiary/aromatic N) is 2. The molecule has 1 aliphatic carbocycles. The van der Waals surface area contributed by atoms with Gasteiger partial charge in [0.15, 0.2) is 0 Å². The minimum absolute atomic E-state index is 0.0556. The van der Waals surface area contributed by atoms with Gasteiger partial charge in [0.2, 0.25) is 0 Å². The summed E-state index contributed by atoms with van der Waals surface area (Å²) in [6, 6.07) is 3.24. The Bertz CT molecular complexity index is 809. The van der Waals surface area contributed by atoms with Crippen molar-refractivity contribution in [2.75, 3.05) is 0 Å². The minimum Gasteiger partial charge on any atom is -0.310 e. The summed E-state index contributed by atoms with van der Waals surface area (Å²) >= 11 is 5.79. The van der Waals surface area contributed by atoms with Crippen LogP contribution in [-0.4, -0.2) is 21.1 Å². The third kappa shape index (κ3) is 3.86. The van der Waals surface area contributed by atoms with E-state index in [0.717, 1.165) is 0 Å². The smallest absolute Gasteiger partial charge is 0.310 e. The Morgan fingerprint density at radius 2 is 1.88 bits per heavy atom. The number of nitrogens with one attached hydrogen (secondary N) is 1. The molecule has 0 aromatic carbocycles. The van der Waals surface area contributed by atoms with Crippen molar-refractivity contribution in [3.63, 3.8) is 0 Å². The molecule has 0 unspecified atom stereocenters. The number of aromatic nitrogens is 3. The third-order valence-corrected chi connectivity index (χ3v) is 4.88. The van der Waals surface area contributed by atoms with Gasteiger partial charge < -0.3 is 4.98 Å².